The zero-order valence-corrected chi connectivity index (χ0v) is 12.8. The highest BCUT2D eigenvalue weighted by Gasteiger charge is 2.41. The molecule has 21 heavy (non-hydrogen) atoms. The fraction of sp³-hybridized carbons (Fsp3) is 0.429. The van der Waals surface area contributed by atoms with Crippen LogP contribution in [0, 0.1) is 5.41 Å². The Bertz CT molecular complexity index is 591. The number of methoxy groups -OCH3 is 2. The van der Waals surface area contributed by atoms with Gasteiger partial charge in [0, 0.05) is 25.1 Å². The molecule has 0 saturated carbocycles. The largest absolute Gasteiger partial charge is 0.495 e. The van der Waals surface area contributed by atoms with Crippen molar-refractivity contribution >= 4 is 29.1 Å². The molecule has 0 aliphatic carbocycles. The van der Waals surface area contributed by atoms with Crippen LogP contribution in [0.3, 0.4) is 0 Å². The van der Waals surface area contributed by atoms with E-state index in [1.807, 2.05) is 0 Å². The third-order valence-corrected chi connectivity index (χ3v) is 3.79. The number of nitrogens with one attached hydrogen (secondary N) is 2. The first-order chi connectivity index (χ1) is 9.89. The van der Waals surface area contributed by atoms with Crippen molar-refractivity contribution in [1.82, 2.24) is 5.32 Å². The van der Waals surface area contributed by atoms with Crippen molar-refractivity contribution < 1.29 is 19.1 Å². The van der Waals surface area contributed by atoms with E-state index < -0.39 is 5.41 Å². The van der Waals surface area contributed by atoms with Gasteiger partial charge in [0.05, 0.1) is 30.3 Å². The van der Waals surface area contributed by atoms with Crippen molar-refractivity contribution in [3.05, 3.63) is 17.2 Å². The minimum Gasteiger partial charge on any atom is -0.495 e. The minimum atomic E-state index is -0.783. The molecule has 1 heterocycles. The molecule has 1 aromatic carbocycles. The highest BCUT2D eigenvalue weighted by Crippen LogP contribution is 2.37. The van der Waals surface area contributed by atoms with Gasteiger partial charge in [0.15, 0.2) is 0 Å². The lowest BCUT2D eigenvalue weighted by atomic mass is 9.88. The SMILES string of the molecule is COc1cc(NC(=O)C2(C)CNC(=O)C2)c(OC)cc1Cl. The van der Waals surface area contributed by atoms with Crippen LogP contribution in [0.25, 0.3) is 0 Å². The van der Waals surface area contributed by atoms with E-state index in [-0.39, 0.29) is 18.2 Å². The Kier molecular flexibility index (Phi) is 4.27. The minimum absolute atomic E-state index is 0.131. The number of amides is 2. The van der Waals surface area contributed by atoms with Gasteiger partial charge in [-0.25, -0.2) is 0 Å². The standard InChI is InChI=1S/C14H17ClN2O4/c1-14(6-12(18)16-7-14)13(19)17-9-5-10(20-2)8(15)4-11(9)21-3/h4-5H,6-7H2,1-3H3,(H,16,18)(H,17,19). The Hall–Kier alpha value is -1.95. The number of hydrogen-bond donors (Lipinski definition) is 2. The first kappa shape index (κ1) is 15.4. The van der Waals surface area contributed by atoms with Crippen LogP contribution in [0.5, 0.6) is 11.5 Å². The monoisotopic (exact) mass is 312 g/mol. The van der Waals surface area contributed by atoms with Crippen molar-refractivity contribution in [3.63, 3.8) is 0 Å². The van der Waals surface area contributed by atoms with Crippen LogP contribution in [0.1, 0.15) is 13.3 Å². The topological polar surface area (TPSA) is 76.7 Å². The van der Waals surface area contributed by atoms with Gasteiger partial charge in [-0.1, -0.05) is 11.6 Å². The molecule has 114 valence electrons. The van der Waals surface area contributed by atoms with Crippen LogP contribution in [-0.4, -0.2) is 32.6 Å². The third-order valence-electron chi connectivity index (χ3n) is 3.50. The average molecular weight is 313 g/mol. The maximum atomic E-state index is 12.4. The molecule has 1 aliphatic rings. The van der Waals surface area contributed by atoms with Crippen LogP contribution >= 0.6 is 11.6 Å². The quantitative estimate of drug-likeness (QED) is 0.889. The Morgan fingerprint density at radius 3 is 2.52 bits per heavy atom. The van der Waals surface area contributed by atoms with Gasteiger partial charge in [-0.3, -0.25) is 9.59 Å². The van der Waals surface area contributed by atoms with Gasteiger partial charge in [0.25, 0.3) is 0 Å². The summed E-state index contributed by atoms with van der Waals surface area (Å²) in [6.07, 6.45) is 0.159. The van der Waals surface area contributed by atoms with Crippen LogP contribution in [0.4, 0.5) is 5.69 Å². The predicted octanol–water partition coefficient (Wildman–Crippen LogP) is 1.82. The van der Waals surface area contributed by atoms with E-state index in [0.29, 0.717) is 28.8 Å². The van der Waals surface area contributed by atoms with Crippen molar-refractivity contribution in [2.75, 3.05) is 26.1 Å². The van der Waals surface area contributed by atoms with Crippen LogP contribution in [0.2, 0.25) is 5.02 Å². The van der Waals surface area contributed by atoms with E-state index in [9.17, 15) is 9.59 Å². The molecule has 0 radical (unpaired) electrons. The van der Waals surface area contributed by atoms with Crippen molar-refractivity contribution in [2.45, 2.75) is 13.3 Å². The summed E-state index contributed by atoms with van der Waals surface area (Å²) in [5, 5.41) is 5.82. The van der Waals surface area contributed by atoms with Crippen molar-refractivity contribution in [1.29, 1.82) is 0 Å². The first-order valence-corrected chi connectivity index (χ1v) is 6.77. The molecule has 2 rings (SSSR count). The Morgan fingerprint density at radius 1 is 1.33 bits per heavy atom. The molecule has 1 aliphatic heterocycles. The highest BCUT2D eigenvalue weighted by molar-refractivity contribution is 6.32. The number of carbonyl (C=O) groups is 2. The van der Waals surface area contributed by atoms with E-state index >= 15 is 0 Å². The molecule has 1 fully saturated rings. The van der Waals surface area contributed by atoms with Gasteiger partial charge in [-0.05, 0) is 6.92 Å². The average Bonchev–Trinajstić information content (AvgIpc) is 2.81. The molecule has 6 nitrogen and oxygen atoms in total. The van der Waals surface area contributed by atoms with Gasteiger partial charge >= 0.3 is 0 Å². The fourth-order valence-corrected chi connectivity index (χ4v) is 2.40. The number of rotatable bonds is 4. The number of carbonyl (C=O) groups excluding carboxylic acids is 2. The molecule has 1 unspecified atom stereocenters. The smallest absolute Gasteiger partial charge is 0.232 e. The predicted molar refractivity (Wildman–Crippen MR) is 78.9 cm³/mol. The number of hydrogen-bond acceptors (Lipinski definition) is 4. The molecule has 2 N–H and O–H groups in total. The maximum Gasteiger partial charge on any atom is 0.232 e. The highest BCUT2D eigenvalue weighted by atomic mass is 35.5. The number of anilines is 1. The lowest BCUT2D eigenvalue weighted by Crippen LogP contribution is -2.35. The normalized spacial score (nSPS) is 20.9. The summed E-state index contributed by atoms with van der Waals surface area (Å²) in [6, 6.07) is 3.16. The lowest BCUT2D eigenvalue weighted by Gasteiger charge is -2.21. The number of ether oxygens (including phenoxy) is 2. The molecular formula is C14H17ClN2O4. The van der Waals surface area contributed by atoms with Crippen LogP contribution in [-0.2, 0) is 9.59 Å². The molecular weight excluding hydrogens is 296 g/mol. The van der Waals surface area contributed by atoms with Crippen molar-refractivity contribution in [2.24, 2.45) is 5.41 Å². The molecule has 1 atom stereocenters. The zero-order chi connectivity index (χ0) is 15.6. The molecule has 0 spiro atoms. The second kappa shape index (κ2) is 5.81. The molecule has 1 aromatic rings. The van der Waals surface area contributed by atoms with Crippen LogP contribution < -0.4 is 20.1 Å². The van der Waals surface area contributed by atoms with Crippen molar-refractivity contribution in [3.8, 4) is 11.5 Å². The molecule has 0 aromatic heterocycles. The fourth-order valence-electron chi connectivity index (χ4n) is 2.16. The van der Waals surface area contributed by atoms with E-state index in [0.717, 1.165) is 0 Å². The van der Waals surface area contributed by atoms with E-state index in [4.69, 9.17) is 21.1 Å². The molecule has 2 amide bonds. The summed E-state index contributed by atoms with van der Waals surface area (Å²) in [6.45, 7) is 2.05. The molecule has 0 bridgehead atoms. The molecule has 7 heteroatoms. The summed E-state index contributed by atoms with van der Waals surface area (Å²) < 4.78 is 10.3. The van der Waals surface area contributed by atoms with E-state index in [1.54, 1.807) is 19.1 Å². The number of halogens is 1. The van der Waals surface area contributed by atoms with Gasteiger partial charge in [-0.15, -0.1) is 0 Å². The summed E-state index contributed by atoms with van der Waals surface area (Å²) >= 11 is 6.02. The lowest BCUT2D eigenvalue weighted by molar-refractivity contribution is -0.126. The summed E-state index contributed by atoms with van der Waals surface area (Å²) in [4.78, 5) is 23.7. The van der Waals surface area contributed by atoms with Gasteiger partial charge < -0.3 is 20.1 Å². The summed E-state index contributed by atoms with van der Waals surface area (Å²) in [5.41, 5.74) is -0.334. The second-order valence-electron chi connectivity index (χ2n) is 5.16. The maximum absolute atomic E-state index is 12.4. The van der Waals surface area contributed by atoms with Gasteiger partial charge in [-0.2, -0.15) is 0 Å². The summed E-state index contributed by atoms with van der Waals surface area (Å²) in [7, 11) is 2.97. The molecule has 1 saturated heterocycles. The van der Waals surface area contributed by atoms with Gasteiger partial charge in [0.1, 0.15) is 11.5 Å². The van der Waals surface area contributed by atoms with E-state index in [2.05, 4.69) is 10.6 Å². The zero-order valence-electron chi connectivity index (χ0n) is 12.1. The first-order valence-electron chi connectivity index (χ1n) is 6.39. The van der Waals surface area contributed by atoms with E-state index in [1.165, 1.54) is 14.2 Å². The Labute approximate surface area is 127 Å². The summed E-state index contributed by atoms with van der Waals surface area (Å²) in [5.74, 6) is 0.463. The Balaban J connectivity index is 2.26. The number of benzene rings is 1. The third kappa shape index (κ3) is 3.05. The van der Waals surface area contributed by atoms with Gasteiger partial charge in [0.2, 0.25) is 11.8 Å². The second-order valence-corrected chi connectivity index (χ2v) is 5.56. The Morgan fingerprint density at radius 2 is 2.00 bits per heavy atom. The van der Waals surface area contributed by atoms with Crippen LogP contribution in [0.15, 0.2) is 12.1 Å².